The van der Waals surface area contributed by atoms with E-state index in [4.69, 9.17) is 5.73 Å². The van der Waals surface area contributed by atoms with Crippen molar-refractivity contribution in [3.8, 4) is 0 Å². The molecule has 0 spiro atoms. The monoisotopic (exact) mass is 263 g/mol. The highest BCUT2D eigenvalue weighted by Crippen LogP contribution is 2.08. The Morgan fingerprint density at radius 2 is 2.05 bits per heavy atom. The number of nitrogen functional groups attached to an aromatic ring is 1. The molecule has 0 fully saturated rings. The lowest BCUT2D eigenvalue weighted by molar-refractivity contribution is -0.490. The highest BCUT2D eigenvalue weighted by atomic mass is 16.4. The van der Waals surface area contributed by atoms with Crippen LogP contribution in [0.3, 0.4) is 0 Å². The third-order valence-electron chi connectivity index (χ3n) is 3.44. The number of hydrogen-bond donors (Lipinski definition) is 1. The van der Waals surface area contributed by atoms with Crippen LogP contribution in [0.25, 0.3) is 0 Å². The zero-order valence-electron chi connectivity index (χ0n) is 11.9. The van der Waals surface area contributed by atoms with Gasteiger partial charge in [-0.2, -0.15) is 0 Å². The molecule has 0 amide bonds. The van der Waals surface area contributed by atoms with E-state index in [9.17, 15) is 9.90 Å². The largest absolute Gasteiger partial charge is 0.545 e. The van der Waals surface area contributed by atoms with Crippen LogP contribution in [0.4, 0.5) is 5.69 Å². The molecule has 2 rings (SSSR count). The van der Waals surface area contributed by atoms with Crippen LogP contribution in [0.15, 0.2) is 24.3 Å². The van der Waals surface area contributed by atoms with Gasteiger partial charge in [0, 0.05) is 18.2 Å². The summed E-state index contributed by atoms with van der Waals surface area (Å²) in [6, 6.07) is 6.88. The van der Waals surface area contributed by atoms with Crippen LogP contribution in [0.2, 0.25) is 0 Å². The summed E-state index contributed by atoms with van der Waals surface area (Å²) in [6.07, 6.45) is 0. The molecule has 1 heterocycles. The fourth-order valence-corrected chi connectivity index (χ4v) is 1.92. The molecule has 1 unspecified atom stereocenters. The lowest BCUT2D eigenvalue weighted by Gasteiger charge is -2.07. The molecule has 19 heavy (non-hydrogen) atoms. The molecule has 0 saturated carbocycles. The molecule has 1 aromatic rings. The van der Waals surface area contributed by atoms with E-state index < -0.39 is 5.97 Å². The summed E-state index contributed by atoms with van der Waals surface area (Å²) in [6.45, 7) is 5.57. The number of likely N-dealkylation sites (N-methyl/N-ethyl adjacent to an activating group) is 2. The van der Waals surface area contributed by atoms with Crippen LogP contribution < -0.4 is 10.8 Å². The predicted molar refractivity (Wildman–Crippen MR) is 74.1 cm³/mol. The third-order valence-corrected chi connectivity index (χ3v) is 3.44. The van der Waals surface area contributed by atoms with Crippen LogP contribution >= 0.6 is 0 Å². The van der Waals surface area contributed by atoms with Crippen LogP contribution in [0, 0.1) is 0 Å². The molecule has 1 aliphatic heterocycles. The standard InChI is InChI=1S/C7H15N2.C7H7NO2/c1-6-5-8(3)7(2)9(6)4;8-6-4-2-1-3-5(6)7(9)10/h6H,5H2,1-4H3;1-4H,8H2,(H,9,10)/q+1;/p-1. The second-order valence-corrected chi connectivity index (χ2v) is 4.76. The average Bonchev–Trinajstić information content (AvgIpc) is 2.57. The fourth-order valence-electron chi connectivity index (χ4n) is 1.92. The van der Waals surface area contributed by atoms with Crippen molar-refractivity contribution in [3.05, 3.63) is 29.8 Å². The smallest absolute Gasteiger partial charge is 0.243 e. The van der Waals surface area contributed by atoms with Gasteiger partial charge in [0.25, 0.3) is 0 Å². The predicted octanol–water partition coefficient (Wildman–Crippen LogP) is 0.0133. The fraction of sp³-hybridized carbons (Fsp3) is 0.429. The Kier molecular flexibility index (Phi) is 4.92. The van der Waals surface area contributed by atoms with Crippen molar-refractivity contribution in [3.63, 3.8) is 0 Å². The van der Waals surface area contributed by atoms with Gasteiger partial charge in [0.15, 0.2) is 0 Å². The molecule has 0 bridgehead atoms. The molecule has 0 saturated heterocycles. The van der Waals surface area contributed by atoms with Crippen molar-refractivity contribution in [2.75, 3.05) is 26.4 Å². The topological polar surface area (TPSA) is 72.4 Å². The highest BCUT2D eigenvalue weighted by Gasteiger charge is 2.27. The van der Waals surface area contributed by atoms with E-state index in [1.807, 2.05) is 0 Å². The second kappa shape index (κ2) is 6.22. The van der Waals surface area contributed by atoms with E-state index in [2.05, 4.69) is 37.4 Å². The number of nitrogens with two attached hydrogens (primary N) is 1. The van der Waals surface area contributed by atoms with E-state index in [0.29, 0.717) is 6.04 Å². The molecule has 1 aromatic carbocycles. The molecule has 2 N–H and O–H groups in total. The van der Waals surface area contributed by atoms with Gasteiger partial charge in [0.2, 0.25) is 5.84 Å². The molecule has 0 radical (unpaired) electrons. The number of aromatic carboxylic acids is 1. The molecule has 0 aliphatic carbocycles. The molecular weight excluding hydrogens is 242 g/mol. The van der Waals surface area contributed by atoms with Gasteiger partial charge < -0.3 is 15.6 Å². The Morgan fingerprint density at radius 1 is 1.47 bits per heavy atom. The number of carboxylic acids is 1. The van der Waals surface area contributed by atoms with E-state index in [0.717, 1.165) is 0 Å². The molecule has 0 aromatic heterocycles. The SMILES string of the molecule is CC1=[N+](C)CC(C)N1C.Nc1ccccc1C(=O)[O-]. The van der Waals surface area contributed by atoms with Gasteiger partial charge in [-0.3, -0.25) is 9.48 Å². The summed E-state index contributed by atoms with van der Waals surface area (Å²) >= 11 is 0. The molecule has 5 heteroatoms. The first kappa shape index (κ1) is 15.0. The number of carboxylic acid groups (broad SMARTS) is 1. The lowest BCUT2D eigenvalue weighted by Crippen LogP contribution is -2.28. The summed E-state index contributed by atoms with van der Waals surface area (Å²) in [5, 5.41) is 10.2. The van der Waals surface area contributed by atoms with Crippen LogP contribution in [0.1, 0.15) is 24.2 Å². The van der Waals surface area contributed by atoms with Gasteiger partial charge in [0.1, 0.15) is 12.6 Å². The number of carbonyl (C=O) groups is 1. The number of amidine groups is 1. The first-order valence-corrected chi connectivity index (χ1v) is 6.18. The minimum Gasteiger partial charge on any atom is -0.545 e. The molecular formula is C14H21N3O2. The van der Waals surface area contributed by atoms with Gasteiger partial charge in [-0.15, -0.1) is 0 Å². The molecule has 1 aliphatic rings. The summed E-state index contributed by atoms with van der Waals surface area (Å²) < 4.78 is 2.28. The van der Waals surface area contributed by atoms with Crippen molar-refractivity contribution in [1.29, 1.82) is 0 Å². The van der Waals surface area contributed by atoms with Crippen molar-refractivity contribution >= 4 is 17.5 Å². The maximum atomic E-state index is 10.2. The lowest BCUT2D eigenvalue weighted by atomic mass is 10.2. The highest BCUT2D eigenvalue weighted by molar-refractivity contribution is 5.91. The van der Waals surface area contributed by atoms with E-state index in [1.54, 1.807) is 12.1 Å². The van der Waals surface area contributed by atoms with Gasteiger partial charge >= 0.3 is 0 Å². The zero-order valence-corrected chi connectivity index (χ0v) is 11.9. The number of anilines is 1. The van der Waals surface area contributed by atoms with Crippen LogP contribution in [-0.4, -0.2) is 48.0 Å². The quantitative estimate of drug-likeness (QED) is 0.572. The minimum atomic E-state index is -1.24. The molecule has 1 atom stereocenters. The summed E-state index contributed by atoms with van der Waals surface area (Å²) in [7, 11) is 4.28. The number of benzene rings is 1. The Morgan fingerprint density at radius 3 is 2.32 bits per heavy atom. The van der Waals surface area contributed by atoms with Gasteiger partial charge in [-0.05, 0) is 13.0 Å². The summed E-state index contributed by atoms with van der Waals surface area (Å²) in [5.74, 6) is 0.139. The third kappa shape index (κ3) is 3.71. The van der Waals surface area contributed by atoms with Gasteiger partial charge in [-0.1, -0.05) is 18.2 Å². The van der Waals surface area contributed by atoms with Gasteiger partial charge in [-0.25, -0.2) is 0 Å². The number of nitrogens with zero attached hydrogens (tertiary/aromatic N) is 2. The molecule has 5 nitrogen and oxygen atoms in total. The van der Waals surface area contributed by atoms with Crippen molar-refractivity contribution < 1.29 is 14.5 Å². The minimum absolute atomic E-state index is 0.0440. The first-order chi connectivity index (χ1) is 8.84. The Hall–Kier alpha value is -2.04. The number of rotatable bonds is 1. The average molecular weight is 263 g/mol. The van der Waals surface area contributed by atoms with E-state index in [1.165, 1.54) is 24.5 Å². The second-order valence-electron chi connectivity index (χ2n) is 4.76. The number of hydrogen-bond acceptors (Lipinski definition) is 4. The summed E-state index contributed by atoms with van der Waals surface area (Å²) in [4.78, 5) is 12.5. The normalized spacial score (nSPS) is 18.1. The van der Waals surface area contributed by atoms with Crippen molar-refractivity contribution in [2.45, 2.75) is 19.9 Å². The van der Waals surface area contributed by atoms with E-state index >= 15 is 0 Å². The maximum absolute atomic E-state index is 10.2. The number of carbonyl (C=O) groups excluding carboxylic acids is 1. The van der Waals surface area contributed by atoms with Gasteiger partial charge in [0.05, 0.1) is 20.1 Å². The number of para-hydroxylation sites is 1. The molecule has 104 valence electrons. The van der Waals surface area contributed by atoms with Crippen LogP contribution in [0.5, 0.6) is 0 Å². The van der Waals surface area contributed by atoms with Crippen molar-refractivity contribution in [2.24, 2.45) is 0 Å². The van der Waals surface area contributed by atoms with E-state index in [-0.39, 0.29) is 11.3 Å². The zero-order chi connectivity index (χ0) is 14.6. The Balaban J connectivity index is 0.000000191. The first-order valence-electron chi connectivity index (χ1n) is 6.18. The van der Waals surface area contributed by atoms with Crippen LogP contribution in [-0.2, 0) is 0 Å². The Labute approximate surface area is 114 Å². The Bertz CT molecular complexity index is 497. The maximum Gasteiger partial charge on any atom is 0.243 e. The summed E-state index contributed by atoms with van der Waals surface area (Å²) in [5.41, 5.74) is 5.58. The van der Waals surface area contributed by atoms with Crippen molar-refractivity contribution in [1.82, 2.24) is 4.90 Å².